The molecule has 1 amide bonds. The number of piperidine rings is 1. The molecule has 1 heterocycles. The van der Waals surface area contributed by atoms with Crippen molar-refractivity contribution in [2.45, 2.75) is 39.2 Å². The van der Waals surface area contributed by atoms with Crippen LogP contribution in [-0.4, -0.2) is 36.5 Å². The van der Waals surface area contributed by atoms with Crippen LogP contribution in [0.1, 0.15) is 45.5 Å². The van der Waals surface area contributed by atoms with Crippen molar-refractivity contribution < 1.29 is 14.3 Å². The molecule has 1 saturated heterocycles. The second-order valence-electron chi connectivity index (χ2n) is 7.24. The predicted molar refractivity (Wildman–Crippen MR) is 111 cm³/mol. The Morgan fingerprint density at radius 2 is 1.89 bits per heavy atom. The van der Waals surface area contributed by atoms with E-state index in [2.05, 4.69) is 6.07 Å². The molecule has 0 aromatic heterocycles. The summed E-state index contributed by atoms with van der Waals surface area (Å²) in [5, 5.41) is 1.18. The van der Waals surface area contributed by atoms with Gasteiger partial charge in [-0.15, -0.1) is 0 Å². The van der Waals surface area contributed by atoms with Gasteiger partial charge in [-0.05, 0) is 55.2 Å². The van der Waals surface area contributed by atoms with E-state index < -0.39 is 0 Å². The highest BCUT2D eigenvalue weighted by Crippen LogP contribution is 2.28. The lowest BCUT2D eigenvalue weighted by Crippen LogP contribution is -2.41. The average Bonchev–Trinajstić information content (AvgIpc) is 2.65. The lowest BCUT2D eigenvalue weighted by molar-refractivity contribution is -0.135. The van der Waals surface area contributed by atoms with Crippen LogP contribution >= 0.6 is 23.2 Å². The van der Waals surface area contributed by atoms with Gasteiger partial charge in [-0.3, -0.25) is 9.59 Å². The summed E-state index contributed by atoms with van der Waals surface area (Å²) in [6, 6.07) is 9.47. The van der Waals surface area contributed by atoms with E-state index in [4.69, 9.17) is 27.9 Å². The molecule has 1 aliphatic heterocycles. The van der Waals surface area contributed by atoms with Crippen LogP contribution < -0.4 is 0 Å². The SMILES string of the molecule is Cc1cc(C)c(Cc2ccc(Cl)cc2Cl)c(C(=O)N2CCC(OC=O)CC2)c1. The predicted octanol–water partition coefficient (Wildman–Crippen LogP) is 4.98. The van der Waals surface area contributed by atoms with E-state index in [1.807, 2.05) is 36.9 Å². The van der Waals surface area contributed by atoms with Crippen LogP contribution in [0.15, 0.2) is 30.3 Å². The number of benzene rings is 2. The molecule has 2 aromatic carbocycles. The van der Waals surface area contributed by atoms with Crippen LogP contribution in [0.2, 0.25) is 10.0 Å². The first-order chi connectivity index (χ1) is 13.4. The minimum atomic E-state index is -0.104. The summed E-state index contributed by atoms with van der Waals surface area (Å²) in [4.78, 5) is 25.6. The normalized spacial score (nSPS) is 14.8. The van der Waals surface area contributed by atoms with E-state index in [0.717, 1.165) is 22.3 Å². The fourth-order valence-electron chi connectivity index (χ4n) is 3.72. The Morgan fingerprint density at radius 3 is 2.54 bits per heavy atom. The van der Waals surface area contributed by atoms with Gasteiger partial charge >= 0.3 is 0 Å². The van der Waals surface area contributed by atoms with Crippen LogP contribution in [0.25, 0.3) is 0 Å². The van der Waals surface area contributed by atoms with E-state index in [1.165, 1.54) is 0 Å². The van der Waals surface area contributed by atoms with Gasteiger partial charge < -0.3 is 9.64 Å². The third kappa shape index (κ3) is 4.68. The van der Waals surface area contributed by atoms with Crippen molar-refractivity contribution >= 4 is 35.6 Å². The summed E-state index contributed by atoms with van der Waals surface area (Å²) in [7, 11) is 0. The van der Waals surface area contributed by atoms with Gasteiger partial charge in [0.2, 0.25) is 0 Å². The highest BCUT2D eigenvalue weighted by molar-refractivity contribution is 6.35. The van der Waals surface area contributed by atoms with Crippen molar-refractivity contribution in [3.05, 3.63) is 68.2 Å². The number of ether oxygens (including phenoxy) is 1. The highest BCUT2D eigenvalue weighted by atomic mass is 35.5. The number of carbonyl (C=O) groups is 2. The van der Waals surface area contributed by atoms with Gasteiger partial charge in [-0.2, -0.15) is 0 Å². The Labute approximate surface area is 175 Å². The summed E-state index contributed by atoms with van der Waals surface area (Å²) in [6.45, 7) is 5.65. The summed E-state index contributed by atoms with van der Waals surface area (Å²) < 4.78 is 5.04. The number of hydrogen-bond donors (Lipinski definition) is 0. The van der Waals surface area contributed by atoms with E-state index >= 15 is 0 Å². The Bertz CT molecular complexity index is 890. The second-order valence-corrected chi connectivity index (χ2v) is 8.09. The van der Waals surface area contributed by atoms with Gasteiger partial charge in [0.15, 0.2) is 0 Å². The molecular formula is C22H23Cl2NO3. The molecule has 28 heavy (non-hydrogen) atoms. The van der Waals surface area contributed by atoms with Gasteiger partial charge in [-0.1, -0.05) is 40.9 Å². The van der Waals surface area contributed by atoms with Crippen LogP contribution in [0, 0.1) is 13.8 Å². The number of likely N-dealkylation sites (tertiary alicyclic amines) is 1. The van der Waals surface area contributed by atoms with Crippen molar-refractivity contribution in [3.8, 4) is 0 Å². The third-order valence-corrected chi connectivity index (χ3v) is 5.79. The monoisotopic (exact) mass is 419 g/mol. The maximum atomic E-state index is 13.3. The minimum Gasteiger partial charge on any atom is -0.464 e. The summed E-state index contributed by atoms with van der Waals surface area (Å²) in [5.74, 6) is 0.0106. The molecule has 2 aromatic rings. The van der Waals surface area contributed by atoms with Crippen molar-refractivity contribution in [3.63, 3.8) is 0 Å². The van der Waals surface area contributed by atoms with Gasteiger partial charge in [0, 0.05) is 41.5 Å². The maximum Gasteiger partial charge on any atom is 0.293 e. The molecule has 4 nitrogen and oxygen atoms in total. The van der Waals surface area contributed by atoms with Gasteiger partial charge in [0.25, 0.3) is 12.4 Å². The van der Waals surface area contributed by atoms with Crippen LogP contribution in [-0.2, 0) is 16.0 Å². The number of aryl methyl sites for hydroxylation is 2. The summed E-state index contributed by atoms with van der Waals surface area (Å²) in [5.41, 5.74) is 4.73. The van der Waals surface area contributed by atoms with E-state index in [9.17, 15) is 9.59 Å². The molecule has 148 valence electrons. The lowest BCUT2D eigenvalue weighted by atomic mass is 9.92. The fraction of sp³-hybridized carbons (Fsp3) is 0.364. The standard InChI is InChI=1S/C22H23Cl2NO3/c1-14-9-15(2)19(11-16-3-4-17(23)12-21(16)24)20(10-14)22(27)25-7-5-18(6-8-25)28-13-26/h3-4,9-10,12-13,18H,5-8,11H2,1-2H3. The first-order valence-electron chi connectivity index (χ1n) is 9.31. The quantitative estimate of drug-likeness (QED) is 0.641. The average molecular weight is 420 g/mol. The Hall–Kier alpha value is -2.04. The molecule has 1 fully saturated rings. The molecule has 0 spiro atoms. The number of hydrogen-bond acceptors (Lipinski definition) is 3. The zero-order valence-electron chi connectivity index (χ0n) is 16.0. The zero-order chi connectivity index (χ0) is 20.3. The molecular weight excluding hydrogens is 397 g/mol. The molecule has 6 heteroatoms. The molecule has 0 atom stereocenters. The summed E-state index contributed by atoms with van der Waals surface area (Å²) >= 11 is 12.4. The first-order valence-corrected chi connectivity index (χ1v) is 10.1. The Morgan fingerprint density at radius 1 is 1.18 bits per heavy atom. The number of nitrogens with zero attached hydrogens (tertiary/aromatic N) is 1. The highest BCUT2D eigenvalue weighted by Gasteiger charge is 2.26. The molecule has 1 aliphatic rings. The number of halogens is 2. The maximum absolute atomic E-state index is 13.3. The van der Waals surface area contributed by atoms with Gasteiger partial charge in [0.05, 0.1) is 0 Å². The van der Waals surface area contributed by atoms with Crippen LogP contribution in [0.4, 0.5) is 0 Å². The van der Waals surface area contributed by atoms with E-state index in [0.29, 0.717) is 54.4 Å². The minimum absolute atomic E-state index is 0.0106. The van der Waals surface area contributed by atoms with Crippen LogP contribution in [0.3, 0.4) is 0 Å². The zero-order valence-corrected chi connectivity index (χ0v) is 17.5. The molecule has 3 rings (SSSR count). The second kappa shape index (κ2) is 8.97. The lowest BCUT2D eigenvalue weighted by Gasteiger charge is -2.31. The molecule has 0 aliphatic carbocycles. The van der Waals surface area contributed by atoms with Crippen molar-refractivity contribution in [1.82, 2.24) is 4.90 Å². The van der Waals surface area contributed by atoms with Gasteiger partial charge in [0.1, 0.15) is 6.10 Å². The molecule has 0 bridgehead atoms. The smallest absolute Gasteiger partial charge is 0.293 e. The molecule has 0 unspecified atom stereocenters. The van der Waals surface area contributed by atoms with Crippen molar-refractivity contribution in [2.75, 3.05) is 13.1 Å². The molecule has 0 radical (unpaired) electrons. The van der Waals surface area contributed by atoms with Crippen molar-refractivity contribution in [2.24, 2.45) is 0 Å². The van der Waals surface area contributed by atoms with Crippen molar-refractivity contribution in [1.29, 1.82) is 0 Å². The van der Waals surface area contributed by atoms with Crippen LogP contribution in [0.5, 0.6) is 0 Å². The Kier molecular flexibility index (Phi) is 6.63. The van der Waals surface area contributed by atoms with Gasteiger partial charge in [-0.25, -0.2) is 0 Å². The largest absolute Gasteiger partial charge is 0.464 e. The number of carbonyl (C=O) groups excluding carboxylic acids is 2. The summed E-state index contributed by atoms with van der Waals surface area (Å²) in [6.07, 6.45) is 1.78. The number of amides is 1. The molecule has 0 saturated carbocycles. The number of rotatable bonds is 5. The first kappa shape index (κ1) is 20.7. The third-order valence-electron chi connectivity index (χ3n) is 5.21. The molecule has 0 N–H and O–H groups in total. The topological polar surface area (TPSA) is 46.6 Å². The van der Waals surface area contributed by atoms with E-state index in [1.54, 1.807) is 6.07 Å². The fourth-order valence-corrected chi connectivity index (χ4v) is 4.20. The van der Waals surface area contributed by atoms with E-state index in [-0.39, 0.29) is 12.0 Å². The Balaban J connectivity index is 1.88.